The normalized spacial score (nSPS) is 13.0. The standard InChI is InChI=1S/C13H18N2O5S/c1-9(8-21(2)19)14-13(18)15-10-5-3-4-6-11(10)20-7-12(16)17/h3-6,9H,7-8H2,1-2H3,(H,16,17)(H2,14,15,18). The van der Waals surface area contributed by atoms with Crippen molar-refractivity contribution in [2.45, 2.75) is 13.0 Å². The Labute approximate surface area is 125 Å². The van der Waals surface area contributed by atoms with Crippen molar-refractivity contribution < 1.29 is 23.6 Å². The van der Waals surface area contributed by atoms with Crippen molar-refractivity contribution in [2.75, 3.05) is 23.9 Å². The SMILES string of the molecule is CC(CS(C)=O)NC(=O)Nc1ccccc1OCC(=O)O. The molecule has 0 heterocycles. The van der Waals surface area contributed by atoms with Gasteiger partial charge in [-0.05, 0) is 19.1 Å². The van der Waals surface area contributed by atoms with Crippen molar-refractivity contribution in [3.05, 3.63) is 24.3 Å². The Bertz CT molecular complexity index is 535. The highest BCUT2D eigenvalue weighted by molar-refractivity contribution is 7.84. The second-order valence-corrected chi connectivity index (χ2v) is 5.90. The van der Waals surface area contributed by atoms with Crippen LogP contribution in [0.3, 0.4) is 0 Å². The van der Waals surface area contributed by atoms with Crippen molar-refractivity contribution in [2.24, 2.45) is 0 Å². The van der Waals surface area contributed by atoms with Gasteiger partial charge in [0.05, 0.1) is 5.69 Å². The summed E-state index contributed by atoms with van der Waals surface area (Å²) in [4.78, 5) is 22.3. The van der Waals surface area contributed by atoms with Crippen LogP contribution in [0.1, 0.15) is 6.92 Å². The fraction of sp³-hybridized carbons (Fsp3) is 0.385. The lowest BCUT2D eigenvalue weighted by Crippen LogP contribution is -2.39. The van der Waals surface area contributed by atoms with Crippen LogP contribution in [0, 0.1) is 0 Å². The number of urea groups is 1. The number of benzene rings is 1. The summed E-state index contributed by atoms with van der Waals surface area (Å²) in [6, 6.07) is 5.79. The maximum atomic E-state index is 11.8. The maximum Gasteiger partial charge on any atom is 0.341 e. The molecule has 1 aromatic rings. The van der Waals surface area contributed by atoms with Crippen LogP contribution in [0.15, 0.2) is 24.3 Å². The number of hydrogen-bond acceptors (Lipinski definition) is 4. The first-order valence-electron chi connectivity index (χ1n) is 6.19. The average Bonchev–Trinajstić information content (AvgIpc) is 2.36. The number of ether oxygens (including phenoxy) is 1. The number of carboxylic acid groups (broad SMARTS) is 1. The molecular formula is C13H18N2O5S. The van der Waals surface area contributed by atoms with E-state index in [1.807, 2.05) is 0 Å². The first kappa shape index (κ1) is 17.0. The Morgan fingerprint density at radius 1 is 1.38 bits per heavy atom. The molecule has 3 N–H and O–H groups in total. The van der Waals surface area contributed by atoms with E-state index in [-0.39, 0.29) is 11.8 Å². The van der Waals surface area contributed by atoms with Crippen LogP contribution in [0.25, 0.3) is 0 Å². The molecule has 0 aliphatic rings. The van der Waals surface area contributed by atoms with Gasteiger partial charge in [0, 0.05) is 28.9 Å². The molecule has 0 aliphatic carbocycles. The summed E-state index contributed by atoms with van der Waals surface area (Å²) in [6.07, 6.45) is 1.56. The maximum absolute atomic E-state index is 11.8. The van der Waals surface area contributed by atoms with Crippen molar-refractivity contribution in [3.63, 3.8) is 0 Å². The summed E-state index contributed by atoms with van der Waals surface area (Å²) < 4.78 is 16.1. The Morgan fingerprint density at radius 3 is 2.67 bits per heavy atom. The van der Waals surface area contributed by atoms with Gasteiger partial charge in [0.1, 0.15) is 5.75 Å². The van der Waals surface area contributed by atoms with Crippen molar-refractivity contribution in [3.8, 4) is 5.75 Å². The van der Waals surface area contributed by atoms with Crippen LogP contribution in [0.5, 0.6) is 5.75 Å². The molecule has 0 saturated heterocycles. The highest BCUT2D eigenvalue weighted by atomic mass is 32.2. The van der Waals surface area contributed by atoms with Gasteiger partial charge in [-0.25, -0.2) is 9.59 Å². The minimum atomic E-state index is -1.10. The largest absolute Gasteiger partial charge is 0.480 e. The van der Waals surface area contributed by atoms with Gasteiger partial charge >= 0.3 is 12.0 Å². The van der Waals surface area contributed by atoms with Gasteiger partial charge in [-0.15, -0.1) is 0 Å². The van der Waals surface area contributed by atoms with E-state index in [4.69, 9.17) is 9.84 Å². The fourth-order valence-electron chi connectivity index (χ4n) is 1.61. The first-order chi connectivity index (χ1) is 9.88. The van der Waals surface area contributed by atoms with Gasteiger partial charge in [-0.3, -0.25) is 4.21 Å². The molecule has 2 atom stereocenters. The highest BCUT2D eigenvalue weighted by Crippen LogP contribution is 2.23. The quantitative estimate of drug-likeness (QED) is 0.697. The summed E-state index contributed by atoms with van der Waals surface area (Å²) in [5.41, 5.74) is 0.362. The molecule has 8 heteroatoms. The summed E-state index contributed by atoms with van der Waals surface area (Å²) in [5, 5.41) is 13.8. The molecule has 0 aliphatic heterocycles. The molecule has 0 aromatic heterocycles. The number of carbonyl (C=O) groups excluding carboxylic acids is 1. The van der Waals surface area contributed by atoms with E-state index in [1.165, 1.54) is 0 Å². The predicted octanol–water partition coefficient (Wildman–Crippen LogP) is 1.04. The highest BCUT2D eigenvalue weighted by Gasteiger charge is 2.11. The molecule has 2 unspecified atom stereocenters. The lowest BCUT2D eigenvalue weighted by molar-refractivity contribution is -0.139. The number of anilines is 1. The lowest BCUT2D eigenvalue weighted by Gasteiger charge is -2.15. The molecule has 21 heavy (non-hydrogen) atoms. The van der Waals surface area contributed by atoms with Gasteiger partial charge < -0.3 is 20.5 Å². The van der Waals surface area contributed by atoms with E-state index >= 15 is 0 Å². The third kappa shape index (κ3) is 6.75. The number of hydrogen-bond donors (Lipinski definition) is 3. The molecule has 0 radical (unpaired) electrons. The summed E-state index contributed by atoms with van der Waals surface area (Å²) in [6.45, 7) is 1.25. The molecular weight excluding hydrogens is 296 g/mol. The van der Waals surface area contributed by atoms with Gasteiger partial charge in [-0.1, -0.05) is 12.1 Å². The number of nitrogens with one attached hydrogen (secondary N) is 2. The van der Waals surface area contributed by atoms with Crippen LogP contribution >= 0.6 is 0 Å². The molecule has 0 fully saturated rings. The zero-order valence-corrected chi connectivity index (χ0v) is 12.6. The third-order valence-electron chi connectivity index (χ3n) is 2.35. The van der Waals surface area contributed by atoms with E-state index in [1.54, 1.807) is 37.4 Å². The number of carbonyl (C=O) groups is 2. The molecule has 116 valence electrons. The topological polar surface area (TPSA) is 105 Å². The van der Waals surface area contributed by atoms with Crippen LogP contribution in [-0.2, 0) is 15.6 Å². The number of para-hydroxylation sites is 2. The molecule has 2 amide bonds. The number of amides is 2. The number of carboxylic acids is 1. The van der Waals surface area contributed by atoms with E-state index in [0.29, 0.717) is 11.4 Å². The zero-order chi connectivity index (χ0) is 15.8. The average molecular weight is 314 g/mol. The minimum absolute atomic E-state index is 0.247. The summed E-state index contributed by atoms with van der Waals surface area (Å²) in [5.74, 6) is -0.486. The Hall–Kier alpha value is -2.09. The van der Waals surface area contributed by atoms with Crippen LogP contribution in [0.4, 0.5) is 10.5 Å². The lowest BCUT2D eigenvalue weighted by atomic mass is 10.3. The van der Waals surface area contributed by atoms with Crippen molar-refractivity contribution in [1.82, 2.24) is 5.32 Å². The molecule has 1 aromatic carbocycles. The minimum Gasteiger partial charge on any atom is -0.480 e. The number of aliphatic carboxylic acids is 1. The van der Waals surface area contributed by atoms with E-state index in [9.17, 15) is 13.8 Å². The third-order valence-corrected chi connectivity index (χ3v) is 3.32. The second-order valence-electron chi connectivity index (χ2n) is 4.42. The van der Waals surface area contributed by atoms with Gasteiger partial charge in [-0.2, -0.15) is 0 Å². The van der Waals surface area contributed by atoms with E-state index in [2.05, 4.69) is 10.6 Å². The molecule has 0 saturated carbocycles. The summed E-state index contributed by atoms with van der Waals surface area (Å²) >= 11 is 0. The molecule has 0 bridgehead atoms. The number of rotatable bonds is 7. The van der Waals surface area contributed by atoms with E-state index in [0.717, 1.165) is 0 Å². The first-order valence-corrected chi connectivity index (χ1v) is 7.92. The van der Waals surface area contributed by atoms with E-state index < -0.39 is 29.4 Å². The Balaban J connectivity index is 2.63. The van der Waals surface area contributed by atoms with Crippen LogP contribution < -0.4 is 15.4 Å². The van der Waals surface area contributed by atoms with Crippen LogP contribution in [0.2, 0.25) is 0 Å². The van der Waals surface area contributed by atoms with Crippen LogP contribution in [-0.4, -0.2) is 46.0 Å². The predicted molar refractivity (Wildman–Crippen MR) is 80.1 cm³/mol. The zero-order valence-electron chi connectivity index (χ0n) is 11.8. The van der Waals surface area contributed by atoms with Crippen molar-refractivity contribution >= 4 is 28.5 Å². The van der Waals surface area contributed by atoms with Gasteiger partial charge in [0.25, 0.3) is 0 Å². The van der Waals surface area contributed by atoms with Gasteiger partial charge in [0.2, 0.25) is 0 Å². The Morgan fingerprint density at radius 2 is 2.05 bits per heavy atom. The monoisotopic (exact) mass is 314 g/mol. The van der Waals surface area contributed by atoms with Crippen molar-refractivity contribution in [1.29, 1.82) is 0 Å². The molecule has 7 nitrogen and oxygen atoms in total. The fourth-order valence-corrected chi connectivity index (χ4v) is 2.40. The Kier molecular flexibility index (Phi) is 6.67. The molecule has 0 spiro atoms. The second kappa shape index (κ2) is 8.25. The van der Waals surface area contributed by atoms with Gasteiger partial charge in [0.15, 0.2) is 6.61 Å². The molecule has 1 rings (SSSR count). The summed E-state index contributed by atoms with van der Waals surface area (Å²) in [7, 11) is -1.00. The smallest absolute Gasteiger partial charge is 0.341 e.